The molecule has 14 heavy (non-hydrogen) atoms. The predicted molar refractivity (Wildman–Crippen MR) is 61.3 cm³/mol. The second kappa shape index (κ2) is 5.27. The molecule has 0 aliphatic rings. The van der Waals surface area contributed by atoms with Crippen LogP contribution in [0.5, 0.6) is 0 Å². The molecule has 0 aliphatic carbocycles. The van der Waals surface area contributed by atoms with E-state index in [1.54, 1.807) is 6.20 Å². The summed E-state index contributed by atoms with van der Waals surface area (Å²) in [5.74, 6) is 0.845. The standard InChI is InChI=1S/C11H17N3/c1-3-4-5-6-13-11-7-10(12)9(2)8-14-11/h3-4,7-8H,5-6H2,1-2H3,(H3,12,13,14)/b4-3+. The first-order valence-corrected chi connectivity index (χ1v) is 4.81. The molecule has 0 atom stereocenters. The van der Waals surface area contributed by atoms with Crippen LogP contribution in [-0.4, -0.2) is 11.5 Å². The fourth-order valence-corrected chi connectivity index (χ4v) is 1.09. The lowest BCUT2D eigenvalue weighted by Gasteiger charge is -2.05. The van der Waals surface area contributed by atoms with Crippen molar-refractivity contribution in [2.24, 2.45) is 0 Å². The lowest BCUT2D eigenvalue weighted by atomic mass is 10.2. The van der Waals surface area contributed by atoms with E-state index in [0.29, 0.717) is 0 Å². The second-order valence-corrected chi connectivity index (χ2v) is 3.21. The van der Waals surface area contributed by atoms with Crippen LogP contribution in [0, 0.1) is 6.92 Å². The average molecular weight is 191 g/mol. The van der Waals surface area contributed by atoms with Gasteiger partial charge in [-0.25, -0.2) is 4.98 Å². The summed E-state index contributed by atoms with van der Waals surface area (Å²) >= 11 is 0. The van der Waals surface area contributed by atoms with Gasteiger partial charge in [-0.05, 0) is 25.8 Å². The number of hydrogen-bond donors (Lipinski definition) is 2. The summed E-state index contributed by atoms with van der Waals surface area (Å²) in [7, 11) is 0. The Bertz CT molecular complexity index is 318. The number of aryl methyl sites for hydroxylation is 1. The van der Waals surface area contributed by atoms with Gasteiger partial charge in [-0.1, -0.05) is 12.2 Å². The summed E-state index contributed by atoms with van der Waals surface area (Å²) < 4.78 is 0. The minimum atomic E-state index is 0.786. The van der Waals surface area contributed by atoms with Crippen LogP contribution >= 0.6 is 0 Å². The number of hydrogen-bond acceptors (Lipinski definition) is 3. The van der Waals surface area contributed by atoms with Gasteiger partial charge < -0.3 is 11.1 Å². The molecule has 0 saturated carbocycles. The van der Waals surface area contributed by atoms with Crippen LogP contribution in [0.25, 0.3) is 0 Å². The molecule has 0 fully saturated rings. The third-order valence-corrected chi connectivity index (χ3v) is 2.00. The number of rotatable bonds is 4. The number of pyridine rings is 1. The molecule has 0 aliphatic heterocycles. The summed E-state index contributed by atoms with van der Waals surface area (Å²) in [5, 5.41) is 3.21. The highest BCUT2D eigenvalue weighted by molar-refractivity contribution is 5.53. The largest absolute Gasteiger partial charge is 0.398 e. The van der Waals surface area contributed by atoms with Crippen LogP contribution in [-0.2, 0) is 0 Å². The molecule has 1 aromatic heterocycles. The molecule has 0 amide bonds. The van der Waals surface area contributed by atoms with E-state index < -0.39 is 0 Å². The zero-order chi connectivity index (χ0) is 10.4. The first-order valence-electron chi connectivity index (χ1n) is 4.81. The SMILES string of the molecule is C/C=C/CCNc1cc(N)c(C)cn1. The first-order chi connectivity index (χ1) is 6.74. The molecule has 3 N–H and O–H groups in total. The molecule has 0 radical (unpaired) electrons. The molecular weight excluding hydrogens is 174 g/mol. The van der Waals surface area contributed by atoms with Gasteiger partial charge in [-0.2, -0.15) is 0 Å². The summed E-state index contributed by atoms with van der Waals surface area (Å²) in [5.41, 5.74) is 7.56. The Morgan fingerprint density at radius 1 is 1.57 bits per heavy atom. The molecule has 3 heteroatoms. The fourth-order valence-electron chi connectivity index (χ4n) is 1.09. The lowest BCUT2D eigenvalue weighted by molar-refractivity contribution is 1.04. The minimum Gasteiger partial charge on any atom is -0.398 e. The van der Waals surface area contributed by atoms with Crippen molar-refractivity contribution in [3.05, 3.63) is 30.0 Å². The van der Waals surface area contributed by atoms with Crippen molar-refractivity contribution in [3.63, 3.8) is 0 Å². The Labute approximate surface area is 85.0 Å². The van der Waals surface area contributed by atoms with Crippen LogP contribution in [0.15, 0.2) is 24.4 Å². The van der Waals surface area contributed by atoms with E-state index in [9.17, 15) is 0 Å². The van der Waals surface area contributed by atoms with Gasteiger partial charge >= 0.3 is 0 Å². The summed E-state index contributed by atoms with van der Waals surface area (Å²) in [6, 6.07) is 1.87. The zero-order valence-electron chi connectivity index (χ0n) is 8.75. The van der Waals surface area contributed by atoms with E-state index in [0.717, 1.165) is 30.0 Å². The topological polar surface area (TPSA) is 50.9 Å². The smallest absolute Gasteiger partial charge is 0.127 e. The normalized spacial score (nSPS) is 10.7. The number of anilines is 2. The van der Waals surface area contributed by atoms with Crippen molar-refractivity contribution in [3.8, 4) is 0 Å². The molecule has 1 heterocycles. The maximum absolute atomic E-state index is 5.76. The summed E-state index contributed by atoms with van der Waals surface area (Å²) in [6.45, 7) is 4.86. The summed E-state index contributed by atoms with van der Waals surface area (Å²) in [6.07, 6.45) is 6.95. The van der Waals surface area contributed by atoms with Gasteiger partial charge in [-0.15, -0.1) is 0 Å². The van der Waals surface area contributed by atoms with Crippen LogP contribution in [0.4, 0.5) is 11.5 Å². The van der Waals surface area contributed by atoms with Gasteiger partial charge in [0.2, 0.25) is 0 Å². The van der Waals surface area contributed by atoms with E-state index in [4.69, 9.17) is 5.73 Å². The van der Waals surface area contributed by atoms with Crippen LogP contribution in [0.2, 0.25) is 0 Å². The van der Waals surface area contributed by atoms with Gasteiger partial charge in [0.05, 0.1) is 0 Å². The average Bonchev–Trinajstić information content (AvgIpc) is 2.18. The monoisotopic (exact) mass is 191 g/mol. The molecule has 0 unspecified atom stereocenters. The van der Waals surface area contributed by atoms with Gasteiger partial charge in [0.15, 0.2) is 0 Å². The van der Waals surface area contributed by atoms with Crippen molar-refractivity contribution in [1.29, 1.82) is 0 Å². The molecule has 0 spiro atoms. The highest BCUT2D eigenvalue weighted by atomic mass is 15.0. The van der Waals surface area contributed by atoms with Gasteiger partial charge in [0.1, 0.15) is 5.82 Å². The van der Waals surface area contributed by atoms with Crippen molar-refractivity contribution in [2.45, 2.75) is 20.3 Å². The number of allylic oxidation sites excluding steroid dienone is 1. The Hall–Kier alpha value is -1.51. The molecule has 3 nitrogen and oxygen atoms in total. The predicted octanol–water partition coefficient (Wildman–Crippen LogP) is 2.35. The third-order valence-electron chi connectivity index (χ3n) is 2.00. The van der Waals surface area contributed by atoms with E-state index in [-0.39, 0.29) is 0 Å². The molecule has 0 bridgehead atoms. The first kappa shape index (κ1) is 10.6. The van der Waals surface area contributed by atoms with Crippen molar-refractivity contribution in [2.75, 3.05) is 17.6 Å². The van der Waals surface area contributed by atoms with Crippen molar-refractivity contribution in [1.82, 2.24) is 4.98 Å². The fraction of sp³-hybridized carbons (Fsp3) is 0.364. The minimum absolute atomic E-state index is 0.786. The number of aromatic nitrogens is 1. The third kappa shape index (κ3) is 3.09. The Balaban J connectivity index is 2.47. The molecular formula is C11H17N3. The van der Waals surface area contributed by atoms with E-state index >= 15 is 0 Å². The molecule has 76 valence electrons. The number of nitrogens with one attached hydrogen (secondary N) is 1. The van der Waals surface area contributed by atoms with Crippen LogP contribution < -0.4 is 11.1 Å². The van der Waals surface area contributed by atoms with E-state index in [2.05, 4.69) is 16.4 Å². The van der Waals surface area contributed by atoms with E-state index in [1.807, 2.05) is 26.0 Å². The quantitative estimate of drug-likeness (QED) is 0.567. The van der Waals surface area contributed by atoms with E-state index in [1.165, 1.54) is 0 Å². The van der Waals surface area contributed by atoms with Crippen LogP contribution in [0.1, 0.15) is 18.9 Å². The van der Waals surface area contributed by atoms with Crippen LogP contribution in [0.3, 0.4) is 0 Å². The second-order valence-electron chi connectivity index (χ2n) is 3.21. The summed E-state index contributed by atoms with van der Waals surface area (Å²) in [4.78, 5) is 4.22. The molecule has 1 aromatic rings. The maximum atomic E-state index is 5.76. The zero-order valence-corrected chi connectivity index (χ0v) is 8.75. The highest BCUT2D eigenvalue weighted by Gasteiger charge is 1.96. The number of nitrogens with two attached hydrogens (primary N) is 1. The molecule has 1 rings (SSSR count). The molecule has 0 aromatic carbocycles. The van der Waals surface area contributed by atoms with Gasteiger partial charge in [-0.3, -0.25) is 0 Å². The Morgan fingerprint density at radius 2 is 2.36 bits per heavy atom. The molecule has 0 saturated heterocycles. The van der Waals surface area contributed by atoms with Crippen molar-refractivity contribution >= 4 is 11.5 Å². The Morgan fingerprint density at radius 3 is 3.00 bits per heavy atom. The van der Waals surface area contributed by atoms with Gasteiger partial charge in [0, 0.05) is 24.5 Å². The number of nitrogens with zero attached hydrogens (tertiary/aromatic N) is 1. The maximum Gasteiger partial charge on any atom is 0.127 e. The lowest BCUT2D eigenvalue weighted by Crippen LogP contribution is -2.03. The van der Waals surface area contributed by atoms with Crippen molar-refractivity contribution < 1.29 is 0 Å². The highest BCUT2D eigenvalue weighted by Crippen LogP contribution is 2.13. The Kier molecular flexibility index (Phi) is 3.98. The van der Waals surface area contributed by atoms with Gasteiger partial charge in [0.25, 0.3) is 0 Å². The number of nitrogen functional groups attached to an aromatic ring is 1.